The molecule has 0 radical (unpaired) electrons. The second kappa shape index (κ2) is 14.6. The number of nitrogens with one attached hydrogen (secondary N) is 4. The Morgan fingerprint density at radius 1 is 1.00 bits per heavy atom. The fraction of sp³-hybridized carbons (Fsp3) is 0.781. The van der Waals surface area contributed by atoms with Crippen LogP contribution < -0.4 is 20.7 Å². The van der Waals surface area contributed by atoms with Crippen LogP contribution in [0.25, 0.3) is 0 Å². The highest BCUT2D eigenvalue weighted by molar-refractivity contribution is 7.91. The van der Waals surface area contributed by atoms with E-state index in [1.165, 1.54) is 4.90 Å². The molecule has 4 N–H and O–H groups in total. The predicted octanol–water partition coefficient (Wildman–Crippen LogP) is 1.76. The van der Waals surface area contributed by atoms with Gasteiger partial charge >= 0.3 is 12.2 Å². The van der Waals surface area contributed by atoms with E-state index in [2.05, 4.69) is 20.7 Å². The van der Waals surface area contributed by atoms with Crippen molar-refractivity contribution in [3.8, 4) is 0 Å². The van der Waals surface area contributed by atoms with Gasteiger partial charge in [0.15, 0.2) is 0 Å². The average molecular weight is 696 g/mol. The Morgan fingerprint density at radius 3 is 2.42 bits per heavy atom. The third kappa shape index (κ3) is 9.18. The fourth-order valence-electron chi connectivity index (χ4n) is 6.61. The monoisotopic (exact) mass is 695 g/mol. The van der Waals surface area contributed by atoms with E-state index in [0.29, 0.717) is 19.3 Å². The molecule has 48 heavy (non-hydrogen) atoms. The molecule has 268 valence electrons. The van der Waals surface area contributed by atoms with E-state index < -0.39 is 80.4 Å². The number of amides is 5. The number of alkyl carbamates (subject to hydrolysis) is 2. The Balaban J connectivity index is 1.38. The summed E-state index contributed by atoms with van der Waals surface area (Å²) in [6.07, 6.45) is 7.48. The number of nitrogens with zero attached hydrogens (tertiary/aromatic N) is 1. The van der Waals surface area contributed by atoms with Crippen molar-refractivity contribution in [3.63, 3.8) is 0 Å². The highest BCUT2D eigenvalue weighted by Crippen LogP contribution is 2.46. The molecule has 5 aliphatic rings. The van der Waals surface area contributed by atoms with Crippen LogP contribution in [0.5, 0.6) is 0 Å². The van der Waals surface area contributed by atoms with Crippen LogP contribution >= 0.6 is 0 Å². The Morgan fingerprint density at radius 2 is 1.73 bits per heavy atom. The van der Waals surface area contributed by atoms with Gasteiger partial charge in [-0.1, -0.05) is 31.4 Å². The summed E-state index contributed by atoms with van der Waals surface area (Å²) >= 11 is 0. The molecule has 0 aromatic heterocycles. The molecule has 5 atom stereocenters. The second-order valence-electron chi connectivity index (χ2n) is 14.5. The minimum absolute atomic E-state index is 0.0159. The van der Waals surface area contributed by atoms with Gasteiger partial charge in [0.2, 0.25) is 21.8 Å². The van der Waals surface area contributed by atoms with Crippen LogP contribution in [0.2, 0.25) is 0 Å². The SMILES string of the molecule is CC(C)(C)OC(=O)NC1CCCOC/C=C\C2CC2(C(=O)NS(=O)(=O)C2CC2)NC(=O)C2CC(OC(=O)NC3CCCCC3)CN2C1=O. The summed E-state index contributed by atoms with van der Waals surface area (Å²) in [5.74, 6) is -2.64. The first-order valence-corrected chi connectivity index (χ1v) is 18.6. The summed E-state index contributed by atoms with van der Waals surface area (Å²) < 4.78 is 44.3. The van der Waals surface area contributed by atoms with Crippen molar-refractivity contribution in [1.82, 2.24) is 25.6 Å². The Labute approximate surface area is 281 Å². The van der Waals surface area contributed by atoms with Crippen LogP contribution in [-0.2, 0) is 38.6 Å². The van der Waals surface area contributed by atoms with E-state index in [0.717, 1.165) is 32.1 Å². The van der Waals surface area contributed by atoms with E-state index in [1.54, 1.807) is 32.9 Å². The lowest BCUT2D eigenvalue weighted by Crippen LogP contribution is -2.58. The lowest BCUT2D eigenvalue weighted by molar-refractivity contribution is -0.141. The topological polar surface area (TPSA) is 199 Å². The number of rotatable bonds is 6. The molecule has 0 bridgehead atoms. The van der Waals surface area contributed by atoms with Gasteiger partial charge in [0, 0.05) is 25.0 Å². The zero-order valence-electron chi connectivity index (χ0n) is 28.0. The van der Waals surface area contributed by atoms with Gasteiger partial charge in [0.1, 0.15) is 29.3 Å². The molecule has 5 amide bonds. The molecule has 1 saturated heterocycles. The van der Waals surface area contributed by atoms with E-state index in [4.69, 9.17) is 14.2 Å². The van der Waals surface area contributed by atoms with Crippen LogP contribution in [0.1, 0.15) is 91.4 Å². The summed E-state index contributed by atoms with van der Waals surface area (Å²) in [7, 11) is -3.90. The molecule has 15 nitrogen and oxygen atoms in total. The highest BCUT2D eigenvalue weighted by atomic mass is 32.2. The summed E-state index contributed by atoms with van der Waals surface area (Å²) in [4.78, 5) is 68.6. The van der Waals surface area contributed by atoms with Gasteiger partial charge in [-0.15, -0.1) is 0 Å². The molecule has 2 aliphatic heterocycles. The Bertz CT molecular complexity index is 1390. The van der Waals surface area contributed by atoms with Crippen LogP contribution in [-0.4, -0.2) is 104 Å². The summed E-state index contributed by atoms with van der Waals surface area (Å²) in [6, 6.07) is -2.29. The maximum atomic E-state index is 14.1. The maximum absolute atomic E-state index is 14.1. The molecule has 5 rings (SSSR count). The minimum atomic E-state index is -3.90. The normalized spacial score (nSPS) is 31.1. The van der Waals surface area contributed by atoms with Gasteiger partial charge in [-0.2, -0.15) is 0 Å². The molecular formula is C32H49N5O10S. The fourth-order valence-corrected chi connectivity index (χ4v) is 7.97. The number of fused-ring (bicyclic) bond motifs is 2. The molecule has 3 saturated carbocycles. The molecule has 0 aromatic rings. The van der Waals surface area contributed by atoms with Crippen LogP contribution in [0.3, 0.4) is 0 Å². The zero-order valence-corrected chi connectivity index (χ0v) is 28.8. The predicted molar refractivity (Wildman–Crippen MR) is 172 cm³/mol. The lowest BCUT2D eigenvalue weighted by atomic mass is 9.96. The number of hydrogen-bond donors (Lipinski definition) is 4. The zero-order chi connectivity index (χ0) is 34.7. The smallest absolute Gasteiger partial charge is 0.408 e. The average Bonchev–Trinajstić information content (AvgIpc) is 3.92. The Kier molecular flexibility index (Phi) is 10.9. The Hall–Kier alpha value is -3.40. The van der Waals surface area contributed by atoms with Crippen molar-refractivity contribution in [2.24, 2.45) is 5.92 Å². The number of carbonyl (C=O) groups excluding carboxylic acids is 5. The van der Waals surface area contributed by atoms with E-state index >= 15 is 0 Å². The van der Waals surface area contributed by atoms with Gasteiger partial charge in [-0.3, -0.25) is 19.1 Å². The highest BCUT2D eigenvalue weighted by Gasteiger charge is 2.62. The van der Waals surface area contributed by atoms with Crippen molar-refractivity contribution in [1.29, 1.82) is 0 Å². The number of sulfonamides is 1. The third-order valence-corrected chi connectivity index (χ3v) is 11.2. The van der Waals surface area contributed by atoms with Crippen molar-refractivity contribution in [3.05, 3.63) is 12.2 Å². The van der Waals surface area contributed by atoms with Crippen molar-refractivity contribution in [2.75, 3.05) is 19.8 Å². The summed E-state index contributed by atoms with van der Waals surface area (Å²) in [5.41, 5.74) is -2.39. The molecule has 4 fully saturated rings. The first-order chi connectivity index (χ1) is 22.7. The molecular weight excluding hydrogens is 646 g/mol. The van der Waals surface area contributed by atoms with Gasteiger partial charge in [-0.25, -0.2) is 18.0 Å². The van der Waals surface area contributed by atoms with Crippen LogP contribution in [0.15, 0.2) is 12.2 Å². The summed E-state index contributed by atoms with van der Waals surface area (Å²) in [5, 5.41) is 7.64. The standard InChI is InChI=1S/C32H49N5O10S/c1-31(2,3)47-30(42)34-24-12-8-16-45-15-7-9-20-18-32(20,28(40)36-48(43,44)23-13-14-23)35-26(38)25-17-22(19-37(25)27(24)39)46-29(41)33-21-10-5-4-6-11-21/h7,9,20-25H,4-6,8,10-19H2,1-3H3,(H,33,41)(H,34,42)(H,35,38)(H,36,40)/b9-7-. The minimum Gasteiger partial charge on any atom is -0.444 e. The molecule has 0 aromatic carbocycles. The quantitative estimate of drug-likeness (QED) is 0.297. The second-order valence-corrected chi connectivity index (χ2v) is 16.5. The molecule has 0 spiro atoms. The van der Waals surface area contributed by atoms with Gasteiger partial charge in [0.05, 0.1) is 18.4 Å². The molecule has 5 unspecified atom stereocenters. The van der Waals surface area contributed by atoms with Crippen molar-refractivity contribution in [2.45, 2.75) is 132 Å². The van der Waals surface area contributed by atoms with Gasteiger partial charge < -0.3 is 35.1 Å². The first-order valence-electron chi connectivity index (χ1n) is 17.1. The van der Waals surface area contributed by atoms with Crippen LogP contribution in [0, 0.1) is 5.92 Å². The molecule has 2 heterocycles. The summed E-state index contributed by atoms with van der Waals surface area (Å²) in [6.45, 7) is 5.41. The number of hydrogen-bond acceptors (Lipinski definition) is 10. The maximum Gasteiger partial charge on any atom is 0.408 e. The molecule has 16 heteroatoms. The largest absolute Gasteiger partial charge is 0.444 e. The first kappa shape index (κ1) is 35.9. The third-order valence-electron chi connectivity index (χ3n) is 9.37. The van der Waals surface area contributed by atoms with E-state index in [-0.39, 0.29) is 45.1 Å². The van der Waals surface area contributed by atoms with Crippen molar-refractivity contribution >= 4 is 39.9 Å². The van der Waals surface area contributed by atoms with E-state index in [9.17, 15) is 32.4 Å². The van der Waals surface area contributed by atoms with E-state index in [1.807, 2.05) is 0 Å². The van der Waals surface area contributed by atoms with Crippen LogP contribution in [0.4, 0.5) is 9.59 Å². The number of ether oxygens (including phenoxy) is 3. The lowest BCUT2D eigenvalue weighted by Gasteiger charge is -2.30. The van der Waals surface area contributed by atoms with Gasteiger partial charge in [0.25, 0.3) is 5.91 Å². The molecule has 3 aliphatic carbocycles. The number of carbonyl (C=O) groups is 5. The van der Waals surface area contributed by atoms with Crippen molar-refractivity contribution < 1.29 is 46.6 Å². The van der Waals surface area contributed by atoms with Gasteiger partial charge in [-0.05, 0) is 65.7 Å².